The van der Waals surface area contributed by atoms with Crippen LogP contribution in [0.25, 0.3) is 0 Å². The highest BCUT2D eigenvalue weighted by Gasteiger charge is 2.20. The van der Waals surface area contributed by atoms with E-state index in [9.17, 15) is 9.59 Å². The van der Waals surface area contributed by atoms with Crippen molar-refractivity contribution in [2.24, 2.45) is 0 Å². The average molecular weight is 239 g/mol. The minimum absolute atomic E-state index is 0.0776. The Balaban J connectivity index is 1.60. The molecule has 1 unspecified atom stereocenters. The molecular weight excluding hydrogens is 218 g/mol. The predicted molar refractivity (Wildman–Crippen MR) is 64.4 cm³/mol. The highest BCUT2D eigenvalue weighted by molar-refractivity contribution is 5.78. The first-order valence-corrected chi connectivity index (χ1v) is 6.53. The van der Waals surface area contributed by atoms with Gasteiger partial charge in [-0.05, 0) is 19.3 Å². The lowest BCUT2D eigenvalue weighted by Gasteiger charge is -2.23. The molecule has 1 atom stereocenters. The van der Waals surface area contributed by atoms with Gasteiger partial charge in [-0.15, -0.1) is 0 Å². The molecule has 1 aliphatic heterocycles. The number of hydrogen-bond acceptors (Lipinski definition) is 3. The Morgan fingerprint density at radius 2 is 2.00 bits per heavy atom. The zero-order valence-electron chi connectivity index (χ0n) is 10.1. The molecule has 2 rings (SSSR count). The monoisotopic (exact) mass is 239 g/mol. The molecule has 17 heavy (non-hydrogen) atoms. The zero-order chi connectivity index (χ0) is 12.1. The Bertz CT molecular complexity index is 277. The molecule has 3 N–H and O–H groups in total. The van der Waals surface area contributed by atoms with E-state index in [0.717, 1.165) is 19.3 Å². The van der Waals surface area contributed by atoms with Crippen LogP contribution in [0.5, 0.6) is 0 Å². The first-order chi connectivity index (χ1) is 8.24. The second-order valence-corrected chi connectivity index (χ2v) is 4.97. The molecule has 0 aromatic rings. The molecule has 2 fully saturated rings. The lowest BCUT2D eigenvalue weighted by atomic mass is 10.1. The van der Waals surface area contributed by atoms with Crippen LogP contribution in [0, 0.1) is 0 Å². The van der Waals surface area contributed by atoms with Gasteiger partial charge in [0.25, 0.3) is 0 Å². The van der Waals surface area contributed by atoms with Crippen LogP contribution in [0.1, 0.15) is 38.5 Å². The number of carbonyl (C=O) groups is 2. The smallest absolute Gasteiger partial charge is 0.234 e. The van der Waals surface area contributed by atoms with Crippen molar-refractivity contribution in [3.05, 3.63) is 0 Å². The summed E-state index contributed by atoms with van der Waals surface area (Å²) < 4.78 is 0. The molecular formula is C12H21N3O2. The van der Waals surface area contributed by atoms with Crippen LogP contribution in [0.3, 0.4) is 0 Å². The van der Waals surface area contributed by atoms with Gasteiger partial charge >= 0.3 is 0 Å². The van der Waals surface area contributed by atoms with Gasteiger partial charge in [0, 0.05) is 25.0 Å². The summed E-state index contributed by atoms with van der Waals surface area (Å²) in [5, 5.41) is 9.02. The van der Waals surface area contributed by atoms with Crippen molar-refractivity contribution in [3.63, 3.8) is 0 Å². The summed E-state index contributed by atoms with van der Waals surface area (Å²) in [6.45, 7) is 0.993. The fraction of sp³-hybridized carbons (Fsp3) is 0.833. The van der Waals surface area contributed by atoms with E-state index in [1.807, 2.05) is 0 Å². The third-order valence-electron chi connectivity index (χ3n) is 3.54. The maximum Gasteiger partial charge on any atom is 0.234 e. The summed E-state index contributed by atoms with van der Waals surface area (Å²) in [4.78, 5) is 22.6. The Kier molecular flexibility index (Phi) is 4.36. The minimum Gasteiger partial charge on any atom is -0.355 e. The van der Waals surface area contributed by atoms with Crippen molar-refractivity contribution in [2.45, 2.75) is 50.6 Å². The molecule has 0 aromatic heterocycles. The minimum atomic E-state index is 0.0776. The van der Waals surface area contributed by atoms with Crippen LogP contribution in [-0.2, 0) is 9.59 Å². The molecule has 2 aliphatic rings. The SMILES string of the molecule is O=C1CCC(NCC(=O)NC2CCCC2)CN1. The summed E-state index contributed by atoms with van der Waals surface area (Å²) in [7, 11) is 0. The van der Waals surface area contributed by atoms with Crippen molar-refractivity contribution >= 4 is 11.8 Å². The van der Waals surface area contributed by atoms with Crippen molar-refractivity contribution in [2.75, 3.05) is 13.1 Å². The van der Waals surface area contributed by atoms with Gasteiger partial charge in [0.05, 0.1) is 6.54 Å². The largest absolute Gasteiger partial charge is 0.355 e. The number of nitrogens with one attached hydrogen (secondary N) is 3. The summed E-state index contributed by atoms with van der Waals surface area (Å²) in [5.41, 5.74) is 0. The first kappa shape index (κ1) is 12.4. The lowest BCUT2D eigenvalue weighted by Crippen LogP contribution is -2.49. The van der Waals surface area contributed by atoms with Gasteiger partial charge < -0.3 is 16.0 Å². The molecule has 1 heterocycles. The van der Waals surface area contributed by atoms with E-state index in [-0.39, 0.29) is 17.9 Å². The number of piperidine rings is 1. The molecule has 0 radical (unpaired) electrons. The van der Waals surface area contributed by atoms with E-state index < -0.39 is 0 Å². The normalized spacial score (nSPS) is 25.6. The summed E-state index contributed by atoms with van der Waals surface area (Å²) >= 11 is 0. The lowest BCUT2D eigenvalue weighted by molar-refractivity contribution is -0.122. The molecule has 1 saturated heterocycles. The van der Waals surface area contributed by atoms with E-state index in [2.05, 4.69) is 16.0 Å². The number of carbonyl (C=O) groups excluding carboxylic acids is 2. The highest BCUT2D eigenvalue weighted by atomic mass is 16.2. The third kappa shape index (κ3) is 4.00. The van der Waals surface area contributed by atoms with Crippen LogP contribution in [0.4, 0.5) is 0 Å². The van der Waals surface area contributed by atoms with Crippen LogP contribution < -0.4 is 16.0 Å². The van der Waals surface area contributed by atoms with Crippen molar-refractivity contribution in [1.29, 1.82) is 0 Å². The quantitative estimate of drug-likeness (QED) is 0.642. The van der Waals surface area contributed by atoms with Crippen LogP contribution in [0.15, 0.2) is 0 Å². The maximum absolute atomic E-state index is 11.6. The fourth-order valence-corrected chi connectivity index (χ4v) is 2.49. The third-order valence-corrected chi connectivity index (χ3v) is 3.54. The summed E-state index contributed by atoms with van der Waals surface area (Å²) in [5.74, 6) is 0.187. The van der Waals surface area contributed by atoms with E-state index in [0.29, 0.717) is 25.6 Å². The molecule has 0 bridgehead atoms. The van der Waals surface area contributed by atoms with E-state index in [1.165, 1.54) is 12.8 Å². The molecule has 0 aromatic carbocycles. The molecule has 5 nitrogen and oxygen atoms in total. The van der Waals surface area contributed by atoms with E-state index in [4.69, 9.17) is 0 Å². The van der Waals surface area contributed by atoms with Crippen molar-refractivity contribution in [3.8, 4) is 0 Å². The van der Waals surface area contributed by atoms with Crippen LogP contribution in [-0.4, -0.2) is 37.0 Å². The average Bonchev–Trinajstić information content (AvgIpc) is 2.81. The number of hydrogen-bond donors (Lipinski definition) is 3. The van der Waals surface area contributed by atoms with Gasteiger partial charge in [-0.25, -0.2) is 0 Å². The summed E-state index contributed by atoms with van der Waals surface area (Å²) in [6, 6.07) is 0.623. The van der Waals surface area contributed by atoms with Crippen LogP contribution in [0.2, 0.25) is 0 Å². The standard InChI is InChI=1S/C12H21N3O2/c16-11-6-5-10(7-14-11)13-8-12(17)15-9-3-1-2-4-9/h9-10,13H,1-8H2,(H,14,16)(H,15,17). The summed E-state index contributed by atoms with van der Waals surface area (Å²) in [6.07, 6.45) is 6.07. The van der Waals surface area contributed by atoms with E-state index >= 15 is 0 Å². The predicted octanol–water partition coefficient (Wildman–Crippen LogP) is -0.0866. The number of rotatable bonds is 4. The Hall–Kier alpha value is -1.10. The van der Waals surface area contributed by atoms with Crippen LogP contribution >= 0.6 is 0 Å². The maximum atomic E-state index is 11.6. The van der Waals surface area contributed by atoms with Gasteiger partial charge in [-0.3, -0.25) is 9.59 Å². The molecule has 2 amide bonds. The Labute approximate surface area is 102 Å². The molecule has 1 aliphatic carbocycles. The fourth-order valence-electron chi connectivity index (χ4n) is 2.49. The van der Waals surface area contributed by atoms with Gasteiger partial charge in [0.2, 0.25) is 11.8 Å². The van der Waals surface area contributed by atoms with Crippen molar-refractivity contribution in [1.82, 2.24) is 16.0 Å². The van der Waals surface area contributed by atoms with Gasteiger partial charge in [-0.2, -0.15) is 0 Å². The van der Waals surface area contributed by atoms with E-state index in [1.54, 1.807) is 0 Å². The van der Waals surface area contributed by atoms with Gasteiger partial charge in [0.1, 0.15) is 0 Å². The van der Waals surface area contributed by atoms with Gasteiger partial charge in [0.15, 0.2) is 0 Å². The molecule has 1 saturated carbocycles. The zero-order valence-corrected chi connectivity index (χ0v) is 10.1. The second kappa shape index (κ2) is 6.00. The molecule has 5 heteroatoms. The second-order valence-electron chi connectivity index (χ2n) is 4.97. The van der Waals surface area contributed by atoms with Gasteiger partial charge in [-0.1, -0.05) is 12.8 Å². The Morgan fingerprint density at radius 1 is 1.24 bits per heavy atom. The highest BCUT2D eigenvalue weighted by Crippen LogP contribution is 2.17. The molecule has 96 valence electrons. The first-order valence-electron chi connectivity index (χ1n) is 6.53. The topological polar surface area (TPSA) is 70.2 Å². The van der Waals surface area contributed by atoms with Crippen molar-refractivity contribution < 1.29 is 9.59 Å². The Morgan fingerprint density at radius 3 is 2.65 bits per heavy atom. The number of amides is 2. The molecule has 0 spiro atoms.